The van der Waals surface area contributed by atoms with E-state index in [0.717, 1.165) is 0 Å². The summed E-state index contributed by atoms with van der Waals surface area (Å²) < 4.78 is 22.0. The Hall–Kier alpha value is -4.20. The average Bonchev–Trinajstić information content (AvgIpc) is 2.81. The quantitative estimate of drug-likeness (QED) is 0.268. The van der Waals surface area contributed by atoms with Crippen LogP contribution in [-0.2, 0) is 16.0 Å². The number of ether oxygens (including phenoxy) is 2. The van der Waals surface area contributed by atoms with Crippen LogP contribution in [0.2, 0.25) is 0 Å². The summed E-state index contributed by atoms with van der Waals surface area (Å²) >= 11 is 0. The van der Waals surface area contributed by atoms with Crippen LogP contribution in [0.1, 0.15) is 52.7 Å². The van der Waals surface area contributed by atoms with E-state index in [1.807, 2.05) is 0 Å². The maximum atomic E-state index is 13.0. The second-order valence-corrected chi connectivity index (χ2v) is 10.8. The molecule has 0 saturated heterocycles. The molecule has 0 N–H and O–H groups in total. The van der Waals surface area contributed by atoms with Crippen LogP contribution in [0.15, 0.2) is 67.0 Å². The molecule has 0 aliphatic heterocycles. The van der Waals surface area contributed by atoms with Gasteiger partial charge >= 0.3 is 23.2 Å². The highest BCUT2D eigenvalue weighted by atomic mass is 16.6. The molecule has 0 amide bonds. The molecule has 2 aromatic heterocycles. The van der Waals surface area contributed by atoms with Gasteiger partial charge in [0.25, 0.3) is 0 Å². The zero-order chi connectivity index (χ0) is 27.1. The first kappa shape index (κ1) is 25.9. The van der Waals surface area contributed by atoms with Crippen LogP contribution in [0.5, 0.6) is 11.5 Å². The summed E-state index contributed by atoms with van der Waals surface area (Å²) in [5.41, 5.74) is -2.30. The molecule has 192 valence electrons. The molecule has 0 aliphatic rings. The normalized spacial score (nSPS) is 12.1. The van der Waals surface area contributed by atoms with Crippen molar-refractivity contribution in [2.45, 2.75) is 48.0 Å². The lowest BCUT2D eigenvalue weighted by Gasteiger charge is -2.20. The average molecular weight is 505 g/mol. The minimum Gasteiger partial charge on any atom is -0.420 e. The zero-order valence-corrected chi connectivity index (χ0v) is 21.6. The molecule has 37 heavy (non-hydrogen) atoms. The maximum Gasteiger partial charge on any atom is 0.380 e. The van der Waals surface area contributed by atoms with Crippen molar-refractivity contribution >= 4 is 33.9 Å². The van der Waals surface area contributed by atoms with E-state index in [1.165, 1.54) is 0 Å². The molecule has 8 nitrogen and oxygen atoms in total. The SMILES string of the molecule is CC(C)(C)C(=O)Oc1c(Cc2c(OC(=O)C(C)(C)C)c(=O)oc3ccccc23)c2ccccc2oc1=O. The smallest absolute Gasteiger partial charge is 0.380 e. The van der Waals surface area contributed by atoms with E-state index in [4.69, 9.17) is 18.3 Å². The fourth-order valence-electron chi connectivity index (χ4n) is 3.62. The molecule has 0 atom stereocenters. The van der Waals surface area contributed by atoms with E-state index in [9.17, 15) is 19.2 Å². The molecule has 0 aliphatic carbocycles. The first-order chi connectivity index (χ1) is 17.3. The molecule has 4 aromatic rings. The van der Waals surface area contributed by atoms with Gasteiger partial charge in [-0.1, -0.05) is 36.4 Å². The number of esters is 2. The summed E-state index contributed by atoms with van der Waals surface area (Å²) in [5, 5.41) is 1.01. The van der Waals surface area contributed by atoms with Crippen LogP contribution in [0, 0.1) is 10.8 Å². The second-order valence-electron chi connectivity index (χ2n) is 10.8. The van der Waals surface area contributed by atoms with Crippen LogP contribution in [0.4, 0.5) is 0 Å². The van der Waals surface area contributed by atoms with E-state index < -0.39 is 34.0 Å². The van der Waals surface area contributed by atoms with Crippen molar-refractivity contribution in [1.29, 1.82) is 0 Å². The second kappa shape index (κ2) is 9.35. The number of carbonyl (C=O) groups is 2. The molecule has 0 saturated carbocycles. The van der Waals surface area contributed by atoms with Crippen molar-refractivity contribution in [3.63, 3.8) is 0 Å². The lowest BCUT2D eigenvalue weighted by atomic mass is 9.96. The number of hydrogen-bond donors (Lipinski definition) is 0. The number of benzene rings is 2. The van der Waals surface area contributed by atoms with E-state index in [-0.39, 0.29) is 29.1 Å². The Morgan fingerprint density at radius 2 is 1.00 bits per heavy atom. The van der Waals surface area contributed by atoms with E-state index in [1.54, 1.807) is 90.1 Å². The van der Waals surface area contributed by atoms with Crippen molar-refractivity contribution in [2.24, 2.45) is 10.8 Å². The van der Waals surface area contributed by atoms with Gasteiger partial charge in [-0.15, -0.1) is 0 Å². The van der Waals surface area contributed by atoms with Crippen molar-refractivity contribution in [1.82, 2.24) is 0 Å². The molecule has 0 radical (unpaired) electrons. The van der Waals surface area contributed by atoms with E-state index in [0.29, 0.717) is 21.9 Å². The summed E-state index contributed by atoms with van der Waals surface area (Å²) in [5.74, 6) is -1.84. The fourth-order valence-corrected chi connectivity index (χ4v) is 3.62. The number of carbonyl (C=O) groups excluding carboxylic acids is 2. The maximum absolute atomic E-state index is 13.0. The van der Waals surface area contributed by atoms with Gasteiger partial charge in [-0.2, -0.15) is 0 Å². The predicted octanol–water partition coefficient (Wildman–Crippen LogP) is 5.39. The Kier molecular flexibility index (Phi) is 6.54. The third-order valence-electron chi connectivity index (χ3n) is 5.72. The van der Waals surface area contributed by atoms with Crippen LogP contribution < -0.4 is 20.7 Å². The van der Waals surface area contributed by atoms with E-state index in [2.05, 4.69) is 0 Å². The highest BCUT2D eigenvalue weighted by Crippen LogP contribution is 2.34. The number of rotatable bonds is 4. The molecule has 0 bridgehead atoms. The molecule has 0 spiro atoms. The lowest BCUT2D eigenvalue weighted by molar-refractivity contribution is -0.143. The van der Waals surface area contributed by atoms with Crippen LogP contribution in [0.3, 0.4) is 0 Å². The predicted molar refractivity (Wildman–Crippen MR) is 138 cm³/mol. The molecular formula is C29H28O8. The minimum absolute atomic E-state index is 0.0856. The summed E-state index contributed by atoms with van der Waals surface area (Å²) in [6.45, 7) is 9.99. The first-order valence-electron chi connectivity index (χ1n) is 11.8. The standard InChI is InChI=1S/C29H28O8/c1-28(2,3)26(32)36-22-18(16-11-7-9-13-20(16)34-24(22)30)15-19-17-12-8-10-14-21(17)35-25(31)23(19)37-27(33)29(4,5)6/h7-14H,15H2,1-6H3. The van der Waals surface area contributed by atoms with Gasteiger partial charge in [-0.05, 0) is 53.7 Å². The molecule has 4 rings (SSSR count). The van der Waals surface area contributed by atoms with Crippen LogP contribution in [0.25, 0.3) is 21.9 Å². The van der Waals surface area contributed by atoms with Crippen molar-refractivity contribution in [3.8, 4) is 11.5 Å². The van der Waals surface area contributed by atoms with Gasteiger partial charge in [0.15, 0.2) is 0 Å². The lowest BCUT2D eigenvalue weighted by Crippen LogP contribution is -2.29. The number of fused-ring (bicyclic) bond motifs is 2. The number of hydrogen-bond acceptors (Lipinski definition) is 8. The van der Waals surface area contributed by atoms with Crippen LogP contribution >= 0.6 is 0 Å². The Labute approximate surface area is 212 Å². The van der Waals surface area contributed by atoms with Gasteiger partial charge in [0.2, 0.25) is 11.5 Å². The van der Waals surface area contributed by atoms with Crippen molar-refractivity contribution < 1.29 is 27.9 Å². The summed E-state index contributed by atoms with van der Waals surface area (Å²) in [7, 11) is 0. The third kappa shape index (κ3) is 5.18. The Bertz CT molecular complexity index is 1520. The molecule has 0 fully saturated rings. The third-order valence-corrected chi connectivity index (χ3v) is 5.72. The van der Waals surface area contributed by atoms with Gasteiger partial charge in [-0.25, -0.2) is 9.59 Å². The van der Waals surface area contributed by atoms with Crippen molar-refractivity contribution in [2.75, 3.05) is 0 Å². The Balaban J connectivity index is 2.01. The van der Waals surface area contributed by atoms with Gasteiger partial charge in [-0.3, -0.25) is 9.59 Å². The number of para-hydroxylation sites is 2. The summed E-state index contributed by atoms with van der Waals surface area (Å²) in [6, 6.07) is 13.6. The van der Waals surface area contributed by atoms with Gasteiger partial charge in [0.1, 0.15) is 11.2 Å². The summed E-state index contributed by atoms with van der Waals surface area (Å²) in [4.78, 5) is 51.6. The fraction of sp³-hybridized carbons (Fsp3) is 0.310. The molecule has 2 aromatic carbocycles. The Morgan fingerprint density at radius 3 is 1.35 bits per heavy atom. The molecule has 8 heteroatoms. The molecule has 0 unspecified atom stereocenters. The largest absolute Gasteiger partial charge is 0.420 e. The van der Waals surface area contributed by atoms with Gasteiger partial charge < -0.3 is 18.3 Å². The van der Waals surface area contributed by atoms with E-state index >= 15 is 0 Å². The molecule has 2 heterocycles. The monoisotopic (exact) mass is 504 g/mol. The van der Waals surface area contributed by atoms with Gasteiger partial charge in [0.05, 0.1) is 10.8 Å². The van der Waals surface area contributed by atoms with Crippen molar-refractivity contribution in [3.05, 3.63) is 80.5 Å². The minimum atomic E-state index is -0.900. The zero-order valence-electron chi connectivity index (χ0n) is 21.6. The molecular weight excluding hydrogens is 476 g/mol. The highest BCUT2D eigenvalue weighted by Gasteiger charge is 2.30. The Morgan fingerprint density at radius 1 is 0.649 bits per heavy atom. The summed E-state index contributed by atoms with van der Waals surface area (Å²) in [6.07, 6.45) is -0.0856. The highest BCUT2D eigenvalue weighted by molar-refractivity contribution is 5.88. The van der Waals surface area contributed by atoms with Crippen LogP contribution in [-0.4, -0.2) is 11.9 Å². The topological polar surface area (TPSA) is 113 Å². The first-order valence-corrected chi connectivity index (χ1v) is 11.8. The van der Waals surface area contributed by atoms with Gasteiger partial charge in [0, 0.05) is 28.3 Å².